The Labute approximate surface area is 103 Å². The van der Waals surface area contributed by atoms with Crippen molar-refractivity contribution in [2.45, 2.75) is 30.7 Å². The Kier molecular flexibility index (Phi) is 3.20. The van der Waals surface area contributed by atoms with Crippen molar-refractivity contribution in [1.29, 1.82) is 0 Å². The number of fused-ring (bicyclic) bond motifs is 1. The van der Waals surface area contributed by atoms with Crippen LogP contribution in [-0.2, 0) is 18.6 Å². The molecule has 1 aliphatic carbocycles. The maximum atomic E-state index is 11.9. The molecule has 0 saturated heterocycles. The van der Waals surface area contributed by atoms with E-state index in [1.165, 1.54) is 0 Å². The van der Waals surface area contributed by atoms with E-state index < -0.39 is 25.7 Å². The van der Waals surface area contributed by atoms with Crippen LogP contribution in [0.3, 0.4) is 0 Å². The van der Waals surface area contributed by atoms with Crippen LogP contribution >= 0.6 is 22.3 Å². The molecule has 2 aliphatic rings. The van der Waals surface area contributed by atoms with E-state index in [1.807, 2.05) is 0 Å². The number of Topliss-reactive ketones (excluding diaryl/α,β-unsaturated/α-hetero) is 1. The normalized spacial score (nSPS) is 35.0. The summed E-state index contributed by atoms with van der Waals surface area (Å²) < 4.78 is 27.4. The van der Waals surface area contributed by atoms with Crippen LogP contribution in [0, 0.1) is 5.92 Å². The van der Waals surface area contributed by atoms with Crippen molar-refractivity contribution in [3.05, 3.63) is 11.2 Å². The minimum absolute atomic E-state index is 0.0170. The predicted molar refractivity (Wildman–Crippen MR) is 59.7 cm³/mol. The molecule has 0 N–H and O–H groups in total. The summed E-state index contributed by atoms with van der Waals surface area (Å²) in [6.07, 6.45) is 2.42. The van der Waals surface area contributed by atoms with Crippen LogP contribution < -0.4 is 0 Å². The van der Waals surface area contributed by atoms with Gasteiger partial charge in [-0.3, -0.25) is 4.79 Å². The molecule has 0 bridgehead atoms. The summed E-state index contributed by atoms with van der Waals surface area (Å²) in [6, 6.07) is 0. The molecule has 3 atom stereocenters. The number of carbonyl (C=O) groups excluding carboxylic acids is 1. The number of allylic oxidation sites excluding steroid dienone is 1. The van der Waals surface area contributed by atoms with Gasteiger partial charge >= 0.3 is 0 Å². The smallest absolute Gasteiger partial charge is 0.267 e. The largest absolute Gasteiger partial charge is 0.496 e. The van der Waals surface area contributed by atoms with E-state index in [-0.39, 0.29) is 11.5 Å². The Hall–Kier alpha value is -0.260. The van der Waals surface area contributed by atoms with Crippen molar-refractivity contribution in [1.82, 2.24) is 0 Å². The summed E-state index contributed by atoms with van der Waals surface area (Å²) in [5, 5.41) is -0.0170. The van der Waals surface area contributed by atoms with E-state index in [4.69, 9.17) is 27.0 Å². The van der Waals surface area contributed by atoms with Crippen LogP contribution in [0.25, 0.3) is 0 Å². The van der Waals surface area contributed by atoms with Crippen molar-refractivity contribution in [2.24, 2.45) is 5.92 Å². The van der Waals surface area contributed by atoms with Crippen molar-refractivity contribution >= 4 is 37.1 Å². The van der Waals surface area contributed by atoms with Crippen molar-refractivity contribution in [3.8, 4) is 0 Å². The quantitative estimate of drug-likeness (QED) is 0.544. The molecule has 1 heterocycles. The van der Waals surface area contributed by atoms with Crippen LogP contribution in [0.1, 0.15) is 19.3 Å². The molecule has 4 nitrogen and oxygen atoms in total. The molecule has 1 fully saturated rings. The third kappa shape index (κ3) is 2.21. The molecular formula is C9H10Cl2O4S. The van der Waals surface area contributed by atoms with Gasteiger partial charge in [-0.05, 0) is 12.8 Å². The van der Waals surface area contributed by atoms with Gasteiger partial charge in [-0.25, -0.2) is 8.42 Å². The number of hydrogen-bond acceptors (Lipinski definition) is 4. The summed E-state index contributed by atoms with van der Waals surface area (Å²) in [7, 11) is 1.13. The van der Waals surface area contributed by atoms with Crippen LogP contribution in [0.4, 0.5) is 0 Å². The minimum atomic E-state index is -4.01. The summed E-state index contributed by atoms with van der Waals surface area (Å²) in [4.78, 5) is 11.4. The molecule has 1 saturated carbocycles. The lowest BCUT2D eigenvalue weighted by molar-refractivity contribution is -0.125. The molecular weight excluding hydrogens is 275 g/mol. The van der Waals surface area contributed by atoms with E-state index in [2.05, 4.69) is 0 Å². The second-order valence-corrected chi connectivity index (χ2v) is 7.13. The van der Waals surface area contributed by atoms with E-state index in [0.717, 1.165) is 6.26 Å². The highest BCUT2D eigenvalue weighted by atomic mass is 35.7. The van der Waals surface area contributed by atoms with Gasteiger partial charge in [0.05, 0.1) is 5.92 Å². The van der Waals surface area contributed by atoms with Gasteiger partial charge in [0, 0.05) is 22.5 Å². The monoisotopic (exact) mass is 284 g/mol. The first kappa shape index (κ1) is 12.2. The van der Waals surface area contributed by atoms with Crippen LogP contribution in [-0.4, -0.2) is 25.7 Å². The van der Waals surface area contributed by atoms with Crippen molar-refractivity contribution in [3.63, 3.8) is 0 Å². The van der Waals surface area contributed by atoms with Gasteiger partial charge in [0.1, 0.15) is 12.4 Å². The number of ether oxygens (including phenoxy) is 1. The average Bonchev–Trinajstić information content (AvgIpc) is 2.15. The van der Waals surface area contributed by atoms with Crippen LogP contribution in [0.5, 0.6) is 0 Å². The Bertz CT molecular complexity index is 442. The van der Waals surface area contributed by atoms with E-state index in [0.29, 0.717) is 19.3 Å². The third-order valence-electron chi connectivity index (χ3n) is 2.92. The topological polar surface area (TPSA) is 60.4 Å². The molecule has 2 rings (SSSR count). The third-order valence-corrected chi connectivity index (χ3v) is 4.64. The van der Waals surface area contributed by atoms with Crippen LogP contribution in [0.15, 0.2) is 11.2 Å². The second-order valence-electron chi connectivity index (χ2n) is 3.98. The van der Waals surface area contributed by atoms with E-state index in [9.17, 15) is 13.2 Å². The lowest BCUT2D eigenvalue weighted by Gasteiger charge is -2.35. The Balaban J connectivity index is 2.28. The summed E-state index contributed by atoms with van der Waals surface area (Å²) >= 11 is 5.95. The first-order chi connectivity index (χ1) is 7.39. The number of halogens is 2. The standard InChI is InChI=1S/C9H10Cl2O4S/c10-5-1-2-6-7(3-5)15-4-8(9(6)12)16(11,13)14/h4-7H,1-3H2. The fourth-order valence-electron chi connectivity index (χ4n) is 2.10. The number of ketones is 1. The fraction of sp³-hybridized carbons (Fsp3) is 0.667. The zero-order valence-corrected chi connectivity index (χ0v) is 10.6. The Morgan fingerprint density at radius 2 is 2.06 bits per heavy atom. The first-order valence-corrected chi connectivity index (χ1v) is 7.62. The fourth-order valence-corrected chi connectivity index (χ4v) is 3.30. The highest BCUT2D eigenvalue weighted by Gasteiger charge is 2.42. The highest BCUT2D eigenvalue weighted by Crippen LogP contribution is 2.36. The number of carbonyl (C=O) groups is 1. The predicted octanol–water partition coefficient (Wildman–Crippen LogP) is 1.77. The molecule has 1 aliphatic heterocycles. The summed E-state index contributed by atoms with van der Waals surface area (Å²) in [6.45, 7) is 0. The van der Waals surface area contributed by atoms with E-state index in [1.54, 1.807) is 0 Å². The molecule has 0 aromatic rings. The Morgan fingerprint density at radius 3 is 2.69 bits per heavy atom. The molecule has 0 aromatic heterocycles. The van der Waals surface area contributed by atoms with Crippen molar-refractivity contribution in [2.75, 3.05) is 0 Å². The molecule has 0 spiro atoms. The number of rotatable bonds is 1. The van der Waals surface area contributed by atoms with Crippen molar-refractivity contribution < 1.29 is 17.9 Å². The van der Waals surface area contributed by atoms with Gasteiger partial charge in [-0.15, -0.1) is 11.6 Å². The molecule has 0 amide bonds. The van der Waals surface area contributed by atoms with Crippen LogP contribution in [0.2, 0.25) is 0 Å². The number of alkyl halides is 1. The SMILES string of the molecule is O=C1C(S(=O)(=O)Cl)=COC2CC(Cl)CCC12. The zero-order chi connectivity index (χ0) is 11.9. The van der Waals surface area contributed by atoms with Gasteiger partial charge < -0.3 is 4.74 Å². The highest BCUT2D eigenvalue weighted by molar-refractivity contribution is 8.17. The second kappa shape index (κ2) is 4.20. The van der Waals surface area contributed by atoms with Gasteiger partial charge in [-0.2, -0.15) is 0 Å². The maximum Gasteiger partial charge on any atom is 0.267 e. The first-order valence-electron chi connectivity index (χ1n) is 4.88. The molecule has 7 heteroatoms. The van der Waals surface area contributed by atoms with Gasteiger partial charge in [0.15, 0.2) is 10.7 Å². The van der Waals surface area contributed by atoms with Gasteiger partial charge in [0.25, 0.3) is 9.05 Å². The lowest BCUT2D eigenvalue weighted by atomic mass is 9.82. The van der Waals surface area contributed by atoms with Gasteiger partial charge in [-0.1, -0.05) is 0 Å². The summed E-state index contributed by atoms with van der Waals surface area (Å²) in [5.74, 6) is -0.877. The summed E-state index contributed by atoms with van der Waals surface area (Å²) in [5.41, 5.74) is 0. The minimum Gasteiger partial charge on any atom is -0.496 e. The molecule has 16 heavy (non-hydrogen) atoms. The molecule has 90 valence electrons. The van der Waals surface area contributed by atoms with Gasteiger partial charge in [0.2, 0.25) is 0 Å². The van der Waals surface area contributed by atoms with E-state index >= 15 is 0 Å². The lowest BCUT2D eigenvalue weighted by Crippen LogP contribution is -2.40. The molecule has 3 unspecified atom stereocenters. The zero-order valence-electron chi connectivity index (χ0n) is 8.23. The number of hydrogen-bond donors (Lipinski definition) is 0. The Morgan fingerprint density at radius 1 is 1.38 bits per heavy atom. The molecule has 0 aromatic carbocycles. The maximum absolute atomic E-state index is 11.9. The molecule has 0 radical (unpaired) electrons. The average molecular weight is 285 g/mol.